The number of nitrogens with zero attached hydrogens (tertiary/aromatic N) is 1. The molecule has 1 heterocycles. The van der Waals surface area contributed by atoms with Crippen LogP contribution >= 0.6 is 0 Å². The van der Waals surface area contributed by atoms with Crippen molar-refractivity contribution >= 4 is 5.91 Å². The molecule has 1 unspecified atom stereocenters. The molecule has 0 aliphatic carbocycles. The van der Waals surface area contributed by atoms with Crippen molar-refractivity contribution < 1.29 is 13.9 Å². The van der Waals surface area contributed by atoms with E-state index >= 15 is 0 Å². The highest BCUT2D eigenvalue weighted by atomic mass is 19.1. The lowest BCUT2D eigenvalue weighted by atomic mass is 10.1. The van der Waals surface area contributed by atoms with Crippen LogP contribution in [0.4, 0.5) is 4.39 Å². The van der Waals surface area contributed by atoms with E-state index in [-0.39, 0.29) is 17.9 Å². The molecule has 1 fully saturated rings. The lowest BCUT2D eigenvalue weighted by molar-refractivity contribution is -0.128. The predicted octanol–water partition coefficient (Wildman–Crippen LogP) is 2.07. The van der Waals surface area contributed by atoms with Crippen LogP contribution in [0.2, 0.25) is 0 Å². The third-order valence-corrected chi connectivity index (χ3v) is 3.38. The Morgan fingerprint density at radius 2 is 2.10 bits per heavy atom. The van der Waals surface area contributed by atoms with Crippen LogP contribution in [0.5, 0.6) is 0 Å². The number of carbonyl (C=O) groups is 1. The normalized spacial score (nSPS) is 18.8. The number of benzene rings is 1. The summed E-state index contributed by atoms with van der Waals surface area (Å²) in [4.78, 5) is 13.6. The van der Waals surface area contributed by atoms with Gasteiger partial charge in [-0.1, -0.05) is 25.5 Å². The molecule has 0 bridgehead atoms. The molecule has 0 radical (unpaired) electrons. The fraction of sp³-hybridized carbons (Fsp3) is 0.533. The van der Waals surface area contributed by atoms with E-state index in [0.717, 1.165) is 25.0 Å². The molecule has 1 aromatic rings. The average molecular weight is 280 g/mol. The van der Waals surface area contributed by atoms with Gasteiger partial charge in [0.05, 0.1) is 13.2 Å². The SMILES string of the molecule is CCCCOCCN1C(=O)CNC1c1ccc(F)cc1. The largest absolute Gasteiger partial charge is 0.380 e. The van der Waals surface area contributed by atoms with Crippen LogP contribution in [-0.2, 0) is 9.53 Å². The molecule has 0 saturated carbocycles. The van der Waals surface area contributed by atoms with Crippen LogP contribution in [0.15, 0.2) is 24.3 Å². The fourth-order valence-electron chi connectivity index (χ4n) is 2.25. The van der Waals surface area contributed by atoms with E-state index in [4.69, 9.17) is 4.74 Å². The summed E-state index contributed by atoms with van der Waals surface area (Å²) in [5.41, 5.74) is 0.894. The van der Waals surface area contributed by atoms with Crippen molar-refractivity contribution in [3.8, 4) is 0 Å². The first-order chi connectivity index (χ1) is 9.72. The number of hydrogen-bond donors (Lipinski definition) is 1. The molecule has 1 aliphatic rings. The number of rotatable bonds is 7. The third-order valence-electron chi connectivity index (χ3n) is 3.38. The summed E-state index contributed by atoms with van der Waals surface area (Å²) in [6, 6.07) is 6.23. The Bertz CT molecular complexity index is 436. The second kappa shape index (κ2) is 7.36. The number of nitrogens with one attached hydrogen (secondary N) is 1. The van der Waals surface area contributed by atoms with Gasteiger partial charge in [0.2, 0.25) is 5.91 Å². The molecule has 1 aromatic carbocycles. The number of amides is 1. The quantitative estimate of drug-likeness (QED) is 0.777. The summed E-state index contributed by atoms with van der Waals surface area (Å²) < 4.78 is 18.5. The molecule has 0 aromatic heterocycles. The lowest BCUT2D eigenvalue weighted by Crippen LogP contribution is -2.33. The molecule has 2 rings (SSSR count). The van der Waals surface area contributed by atoms with Crippen LogP contribution in [0, 0.1) is 5.82 Å². The summed E-state index contributed by atoms with van der Waals surface area (Å²) >= 11 is 0. The Hall–Kier alpha value is -1.46. The molecule has 110 valence electrons. The zero-order valence-electron chi connectivity index (χ0n) is 11.8. The molecular weight excluding hydrogens is 259 g/mol. The standard InChI is InChI=1S/C15H21FN2O2/c1-2-3-9-20-10-8-18-14(19)11-17-15(18)12-4-6-13(16)7-5-12/h4-7,15,17H,2-3,8-11H2,1H3. The molecule has 1 amide bonds. The van der Waals surface area contributed by atoms with Crippen LogP contribution in [-0.4, -0.2) is 37.1 Å². The van der Waals surface area contributed by atoms with Crippen LogP contribution < -0.4 is 5.32 Å². The first-order valence-corrected chi connectivity index (χ1v) is 7.08. The molecule has 1 aliphatic heterocycles. The van der Waals surface area contributed by atoms with Gasteiger partial charge in [0.1, 0.15) is 12.0 Å². The summed E-state index contributed by atoms with van der Waals surface area (Å²) in [7, 11) is 0. The third kappa shape index (κ3) is 3.77. The van der Waals surface area contributed by atoms with Crippen molar-refractivity contribution in [1.29, 1.82) is 0 Å². The second-order valence-electron chi connectivity index (χ2n) is 4.89. The average Bonchev–Trinajstić information content (AvgIpc) is 2.81. The molecule has 1 N–H and O–H groups in total. The van der Waals surface area contributed by atoms with E-state index < -0.39 is 0 Å². The maximum atomic E-state index is 12.9. The van der Waals surface area contributed by atoms with E-state index in [1.807, 2.05) is 0 Å². The van der Waals surface area contributed by atoms with Gasteiger partial charge in [-0.15, -0.1) is 0 Å². The molecule has 1 saturated heterocycles. The minimum absolute atomic E-state index is 0.0541. The Kier molecular flexibility index (Phi) is 5.49. The van der Waals surface area contributed by atoms with Crippen LogP contribution in [0.1, 0.15) is 31.5 Å². The maximum absolute atomic E-state index is 12.9. The molecule has 5 heteroatoms. The van der Waals surface area contributed by atoms with Crippen molar-refractivity contribution in [3.05, 3.63) is 35.6 Å². The smallest absolute Gasteiger partial charge is 0.238 e. The van der Waals surface area contributed by atoms with Gasteiger partial charge in [0.25, 0.3) is 0 Å². The first kappa shape index (κ1) is 14.9. The highest BCUT2D eigenvalue weighted by molar-refractivity contribution is 5.80. The van der Waals surface area contributed by atoms with Crippen molar-refractivity contribution in [3.63, 3.8) is 0 Å². The van der Waals surface area contributed by atoms with Gasteiger partial charge in [-0.3, -0.25) is 10.1 Å². The topological polar surface area (TPSA) is 41.6 Å². The van der Waals surface area contributed by atoms with Gasteiger partial charge in [-0.05, 0) is 24.1 Å². The summed E-state index contributed by atoms with van der Waals surface area (Å²) in [6.45, 7) is 4.24. The van der Waals surface area contributed by atoms with Crippen molar-refractivity contribution in [2.24, 2.45) is 0 Å². The molecule has 20 heavy (non-hydrogen) atoms. The summed E-state index contributed by atoms with van der Waals surface area (Å²) in [6.07, 6.45) is 1.95. The maximum Gasteiger partial charge on any atom is 0.238 e. The number of halogens is 1. The minimum atomic E-state index is -0.271. The number of unbranched alkanes of at least 4 members (excludes halogenated alkanes) is 1. The predicted molar refractivity (Wildman–Crippen MR) is 74.6 cm³/mol. The Labute approximate surface area is 118 Å². The fourth-order valence-corrected chi connectivity index (χ4v) is 2.25. The molecular formula is C15H21FN2O2. The number of carbonyl (C=O) groups excluding carboxylic acids is 1. The lowest BCUT2D eigenvalue weighted by Gasteiger charge is -2.24. The number of ether oxygens (including phenoxy) is 1. The second-order valence-corrected chi connectivity index (χ2v) is 4.89. The molecule has 1 atom stereocenters. The molecule has 4 nitrogen and oxygen atoms in total. The van der Waals surface area contributed by atoms with E-state index in [2.05, 4.69) is 12.2 Å². The van der Waals surface area contributed by atoms with Gasteiger partial charge < -0.3 is 9.64 Å². The monoisotopic (exact) mass is 280 g/mol. The highest BCUT2D eigenvalue weighted by Gasteiger charge is 2.30. The Balaban J connectivity index is 1.91. The molecule has 0 spiro atoms. The Morgan fingerprint density at radius 1 is 1.35 bits per heavy atom. The van der Waals surface area contributed by atoms with Crippen molar-refractivity contribution in [2.45, 2.75) is 25.9 Å². The minimum Gasteiger partial charge on any atom is -0.380 e. The Morgan fingerprint density at radius 3 is 2.80 bits per heavy atom. The van der Waals surface area contributed by atoms with E-state index in [0.29, 0.717) is 19.7 Å². The first-order valence-electron chi connectivity index (χ1n) is 7.08. The van der Waals surface area contributed by atoms with Crippen LogP contribution in [0.25, 0.3) is 0 Å². The van der Waals surface area contributed by atoms with Crippen molar-refractivity contribution in [1.82, 2.24) is 10.2 Å². The van der Waals surface area contributed by atoms with Gasteiger partial charge >= 0.3 is 0 Å². The number of hydrogen-bond acceptors (Lipinski definition) is 3. The highest BCUT2D eigenvalue weighted by Crippen LogP contribution is 2.22. The zero-order valence-corrected chi connectivity index (χ0v) is 11.8. The zero-order chi connectivity index (χ0) is 14.4. The van der Waals surface area contributed by atoms with Gasteiger partial charge in [-0.2, -0.15) is 0 Å². The van der Waals surface area contributed by atoms with E-state index in [1.54, 1.807) is 17.0 Å². The van der Waals surface area contributed by atoms with Gasteiger partial charge in [-0.25, -0.2) is 4.39 Å². The van der Waals surface area contributed by atoms with E-state index in [9.17, 15) is 9.18 Å². The van der Waals surface area contributed by atoms with Crippen LogP contribution in [0.3, 0.4) is 0 Å². The van der Waals surface area contributed by atoms with Gasteiger partial charge in [0.15, 0.2) is 0 Å². The van der Waals surface area contributed by atoms with E-state index in [1.165, 1.54) is 12.1 Å². The van der Waals surface area contributed by atoms with Crippen molar-refractivity contribution in [2.75, 3.05) is 26.3 Å². The summed E-state index contributed by atoms with van der Waals surface area (Å²) in [5, 5.41) is 3.14. The van der Waals surface area contributed by atoms with Gasteiger partial charge in [0, 0.05) is 13.2 Å². The summed E-state index contributed by atoms with van der Waals surface area (Å²) in [5.74, 6) is -0.217.